The summed E-state index contributed by atoms with van der Waals surface area (Å²) >= 11 is 0. The normalized spacial score (nSPS) is 10.7. The fraction of sp³-hybridized carbons (Fsp3) is 0.211. The first kappa shape index (κ1) is 15.9. The molecular weight excluding hydrogens is 308 g/mol. The van der Waals surface area contributed by atoms with E-state index in [2.05, 4.69) is 0 Å². The Labute approximate surface area is 139 Å². The van der Waals surface area contributed by atoms with Crippen LogP contribution in [0.2, 0.25) is 0 Å². The zero-order chi connectivity index (χ0) is 17.3. The van der Waals surface area contributed by atoms with Crippen LogP contribution in [0.5, 0.6) is 17.2 Å². The van der Waals surface area contributed by atoms with Crippen molar-refractivity contribution in [3.63, 3.8) is 0 Å². The highest BCUT2D eigenvalue weighted by molar-refractivity contribution is 5.81. The molecule has 0 N–H and O–H groups in total. The Morgan fingerprint density at radius 2 is 1.62 bits per heavy atom. The first-order chi connectivity index (χ1) is 11.6. The molecule has 1 aromatic heterocycles. The highest BCUT2D eigenvalue weighted by atomic mass is 16.5. The molecule has 0 saturated carbocycles. The largest absolute Gasteiger partial charge is 0.493 e. The van der Waals surface area contributed by atoms with Crippen molar-refractivity contribution in [3.8, 4) is 28.6 Å². The lowest BCUT2D eigenvalue weighted by Crippen LogP contribution is -2.02. The van der Waals surface area contributed by atoms with Crippen LogP contribution in [-0.2, 0) is 0 Å². The summed E-state index contributed by atoms with van der Waals surface area (Å²) in [5.74, 6) is 1.85. The van der Waals surface area contributed by atoms with Gasteiger partial charge in [-0.05, 0) is 31.2 Å². The molecule has 0 aliphatic carbocycles. The molecule has 5 heteroatoms. The summed E-state index contributed by atoms with van der Waals surface area (Å²) < 4.78 is 22.1. The van der Waals surface area contributed by atoms with Crippen molar-refractivity contribution in [2.45, 2.75) is 6.92 Å². The van der Waals surface area contributed by atoms with Gasteiger partial charge in [0.15, 0.2) is 16.9 Å². The topological polar surface area (TPSA) is 57.9 Å². The summed E-state index contributed by atoms with van der Waals surface area (Å²) in [4.78, 5) is 12.4. The number of hydrogen-bond acceptors (Lipinski definition) is 5. The standard InChI is InChI=1S/C19H18O5/c1-11-5-7-15-13(9-11)14(20)10-17(24-15)12-6-8-16(21-2)19(23-4)18(12)22-3/h5-10H,1-4H3. The lowest BCUT2D eigenvalue weighted by atomic mass is 10.1. The third-order valence-corrected chi connectivity index (χ3v) is 3.85. The van der Waals surface area contributed by atoms with Gasteiger partial charge in [0.25, 0.3) is 0 Å². The van der Waals surface area contributed by atoms with Gasteiger partial charge >= 0.3 is 0 Å². The predicted molar refractivity (Wildman–Crippen MR) is 92.3 cm³/mol. The van der Waals surface area contributed by atoms with E-state index in [1.807, 2.05) is 19.1 Å². The fourth-order valence-electron chi connectivity index (χ4n) is 2.70. The Balaban J connectivity index is 2.28. The van der Waals surface area contributed by atoms with Gasteiger partial charge in [-0.3, -0.25) is 4.79 Å². The lowest BCUT2D eigenvalue weighted by Gasteiger charge is -2.15. The lowest BCUT2D eigenvalue weighted by molar-refractivity contribution is 0.325. The van der Waals surface area contributed by atoms with Gasteiger partial charge < -0.3 is 18.6 Å². The quantitative estimate of drug-likeness (QED) is 0.730. The highest BCUT2D eigenvalue weighted by Gasteiger charge is 2.19. The van der Waals surface area contributed by atoms with Crippen LogP contribution in [0, 0.1) is 6.92 Å². The molecular formula is C19H18O5. The number of rotatable bonds is 4. The van der Waals surface area contributed by atoms with Crippen LogP contribution >= 0.6 is 0 Å². The number of hydrogen-bond donors (Lipinski definition) is 0. The second-order valence-corrected chi connectivity index (χ2v) is 5.36. The monoisotopic (exact) mass is 326 g/mol. The molecule has 0 fully saturated rings. The van der Waals surface area contributed by atoms with E-state index in [1.54, 1.807) is 25.3 Å². The Hall–Kier alpha value is -2.95. The molecule has 2 aromatic carbocycles. The van der Waals surface area contributed by atoms with E-state index in [1.165, 1.54) is 20.3 Å². The zero-order valence-electron chi connectivity index (χ0n) is 14.0. The maximum absolute atomic E-state index is 12.4. The van der Waals surface area contributed by atoms with Crippen LogP contribution in [0.3, 0.4) is 0 Å². The van der Waals surface area contributed by atoms with E-state index in [0.29, 0.717) is 39.5 Å². The molecule has 0 aliphatic heterocycles. The molecule has 3 aromatic rings. The molecule has 124 valence electrons. The van der Waals surface area contributed by atoms with Crippen molar-refractivity contribution in [1.82, 2.24) is 0 Å². The fourth-order valence-corrected chi connectivity index (χ4v) is 2.70. The van der Waals surface area contributed by atoms with Crippen molar-refractivity contribution in [2.24, 2.45) is 0 Å². The summed E-state index contributed by atoms with van der Waals surface area (Å²) in [5.41, 5.74) is 2.05. The number of aryl methyl sites for hydroxylation is 1. The molecule has 5 nitrogen and oxygen atoms in total. The summed E-state index contributed by atoms with van der Waals surface area (Å²) in [7, 11) is 4.61. The zero-order valence-corrected chi connectivity index (χ0v) is 14.0. The molecule has 1 heterocycles. The molecule has 0 saturated heterocycles. The number of fused-ring (bicyclic) bond motifs is 1. The maximum atomic E-state index is 12.4. The van der Waals surface area contributed by atoms with Gasteiger partial charge in [-0.15, -0.1) is 0 Å². The average Bonchev–Trinajstić information content (AvgIpc) is 2.60. The van der Waals surface area contributed by atoms with Crippen molar-refractivity contribution in [3.05, 3.63) is 52.2 Å². The molecule has 0 unspecified atom stereocenters. The first-order valence-electron chi connectivity index (χ1n) is 7.43. The van der Waals surface area contributed by atoms with Gasteiger partial charge in [0.05, 0.1) is 32.3 Å². The van der Waals surface area contributed by atoms with Crippen LogP contribution in [0.4, 0.5) is 0 Å². The molecule has 0 radical (unpaired) electrons. The van der Waals surface area contributed by atoms with Crippen molar-refractivity contribution in [2.75, 3.05) is 21.3 Å². The van der Waals surface area contributed by atoms with Gasteiger partial charge in [-0.2, -0.15) is 0 Å². The van der Waals surface area contributed by atoms with Crippen LogP contribution in [0.15, 0.2) is 45.6 Å². The molecule has 0 amide bonds. The van der Waals surface area contributed by atoms with Crippen molar-refractivity contribution in [1.29, 1.82) is 0 Å². The van der Waals surface area contributed by atoms with Gasteiger partial charge in [-0.1, -0.05) is 11.6 Å². The minimum absolute atomic E-state index is 0.105. The van der Waals surface area contributed by atoms with Crippen LogP contribution in [-0.4, -0.2) is 21.3 Å². The van der Waals surface area contributed by atoms with Gasteiger partial charge in [0, 0.05) is 6.07 Å². The summed E-state index contributed by atoms with van der Waals surface area (Å²) in [6, 6.07) is 10.5. The van der Waals surface area contributed by atoms with Gasteiger partial charge in [-0.25, -0.2) is 0 Å². The smallest absolute Gasteiger partial charge is 0.204 e. The van der Waals surface area contributed by atoms with E-state index in [9.17, 15) is 4.79 Å². The van der Waals surface area contributed by atoms with Crippen molar-refractivity contribution >= 4 is 11.0 Å². The number of methoxy groups -OCH3 is 3. The molecule has 0 aliphatic rings. The van der Waals surface area contributed by atoms with E-state index in [-0.39, 0.29) is 5.43 Å². The molecule has 3 rings (SSSR count). The maximum Gasteiger partial charge on any atom is 0.204 e. The molecule has 24 heavy (non-hydrogen) atoms. The van der Waals surface area contributed by atoms with Crippen LogP contribution < -0.4 is 19.6 Å². The Morgan fingerprint density at radius 1 is 0.875 bits per heavy atom. The number of ether oxygens (including phenoxy) is 3. The van der Waals surface area contributed by atoms with E-state index < -0.39 is 0 Å². The Morgan fingerprint density at radius 3 is 2.29 bits per heavy atom. The third-order valence-electron chi connectivity index (χ3n) is 3.85. The Bertz CT molecular complexity index is 956. The Kier molecular flexibility index (Phi) is 4.16. The molecule has 0 atom stereocenters. The predicted octanol–water partition coefficient (Wildman–Crippen LogP) is 3.79. The van der Waals surface area contributed by atoms with Crippen LogP contribution in [0.25, 0.3) is 22.3 Å². The van der Waals surface area contributed by atoms with Crippen molar-refractivity contribution < 1.29 is 18.6 Å². The summed E-state index contributed by atoms with van der Waals surface area (Å²) in [6.45, 7) is 1.93. The van der Waals surface area contributed by atoms with Crippen LogP contribution in [0.1, 0.15) is 5.56 Å². The second-order valence-electron chi connectivity index (χ2n) is 5.36. The minimum Gasteiger partial charge on any atom is -0.493 e. The SMILES string of the molecule is COc1ccc(-c2cc(=O)c3cc(C)ccc3o2)c(OC)c1OC. The van der Waals surface area contributed by atoms with E-state index in [4.69, 9.17) is 18.6 Å². The number of benzene rings is 2. The highest BCUT2D eigenvalue weighted by Crippen LogP contribution is 2.44. The minimum atomic E-state index is -0.105. The average molecular weight is 326 g/mol. The molecule has 0 spiro atoms. The van der Waals surface area contributed by atoms with Gasteiger partial charge in [0.1, 0.15) is 11.3 Å². The van der Waals surface area contributed by atoms with Gasteiger partial charge in [0.2, 0.25) is 5.75 Å². The summed E-state index contributed by atoms with van der Waals surface area (Å²) in [5, 5.41) is 0.554. The van der Waals surface area contributed by atoms with E-state index >= 15 is 0 Å². The van der Waals surface area contributed by atoms with E-state index in [0.717, 1.165) is 5.56 Å². The summed E-state index contributed by atoms with van der Waals surface area (Å²) in [6.07, 6.45) is 0. The first-order valence-corrected chi connectivity index (χ1v) is 7.43. The third kappa shape index (κ3) is 2.58. The second kappa shape index (κ2) is 6.28. The molecule has 0 bridgehead atoms.